The van der Waals surface area contributed by atoms with Crippen molar-refractivity contribution in [3.05, 3.63) is 30.2 Å². The third kappa shape index (κ3) is 5.29. The first kappa shape index (κ1) is 20.9. The van der Waals surface area contributed by atoms with Crippen molar-refractivity contribution in [3.8, 4) is 0 Å². The maximum absolute atomic E-state index is 4.71. The predicted octanol–water partition coefficient (Wildman–Crippen LogP) is 2.28. The zero-order valence-electron chi connectivity index (χ0n) is 15.9. The van der Waals surface area contributed by atoms with E-state index in [2.05, 4.69) is 46.5 Å². The Morgan fingerprint density at radius 1 is 1.27 bits per heavy atom. The van der Waals surface area contributed by atoms with Crippen LogP contribution in [0.2, 0.25) is 0 Å². The summed E-state index contributed by atoms with van der Waals surface area (Å²) in [4.78, 5) is 7.24. The van der Waals surface area contributed by atoms with E-state index in [0.717, 1.165) is 49.9 Å². The summed E-state index contributed by atoms with van der Waals surface area (Å²) in [6.07, 6.45) is 4.27. The number of nitrogens with zero attached hydrogens (tertiary/aromatic N) is 5. The van der Waals surface area contributed by atoms with Gasteiger partial charge in [0.05, 0.1) is 0 Å². The Hall–Kier alpha value is -1.42. The lowest BCUT2D eigenvalue weighted by Crippen LogP contribution is -2.49. The fourth-order valence-electron chi connectivity index (χ4n) is 3.22. The molecule has 1 aliphatic rings. The van der Waals surface area contributed by atoms with E-state index in [0.29, 0.717) is 18.6 Å². The summed E-state index contributed by atoms with van der Waals surface area (Å²) in [6.45, 7) is 10.3. The van der Waals surface area contributed by atoms with Crippen molar-refractivity contribution in [1.29, 1.82) is 0 Å². The van der Waals surface area contributed by atoms with Crippen LogP contribution in [-0.2, 0) is 6.54 Å². The molecule has 0 amide bonds. The Labute approximate surface area is 172 Å². The van der Waals surface area contributed by atoms with Crippen LogP contribution in [0.1, 0.15) is 39.4 Å². The molecule has 1 saturated heterocycles. The highest BCUT2D eigenvalue weighted by Crippen LogP contribution is 2.13. The smallest absolute Gasteiger partial charge is 0.191 e. The molecular formula is C18H30IN7. The van der Waals surface area contributed by atoms with E-state index in [4.69, 9.17) is 4.99 Å². The molecule has 2 N–H and O–H groups in total. The molecule has 0 aromatic carbocycles. The van der Waals surface area contributed by atoms with Crippen molar-refractivity contribution in [2.45, 2.75) is 52.2 Å². The number of pyridine rings is 1. The molecule has 0 spiro atoms. The number of aromatic nitrogens is 3. The molecule has 0 saturated carbocycles. The topological polar surface area (TPSA) is 69.8 Å². The van der Waals surface area contributed by atoms with Crippen LogP contribution >= 0.6 is 24.0 Å². The molecular weight excluding hydrogens is 441 g/mol. The van der Waals surface area contributed by atoms with E-state index >= 15 is 0 Å². The summed E-state index contributed by atoms with van der Waals surface area (Å²) in [7, 11) is 0. The zero-order chi connectivity index (χ0) is 17.6. The van der Waals surface area contributed by atoms with Crippen molar-refractivity contribution in [1.82, 2.24) is 30.1 Å². The fourth-order valence-corrected chi connectivity index (χ4v) is 3.22. The van der Waals surface area contributed by atoms with E-state index in [-0.39, 0.29) is 24.0 Å². The number of guanidine groups is 1. The molecule has 0 unspecified atom stereocenters. The number of likely N-dealkylation sites (tertiary alicyclic amines) is 1. The van der Waals surface area contributed by atoms with Gasteiger partial charge in [0.1, 0.15) is 6.54 Å². The normalized spacial score (nSPS) is 16.7. The van der Waals surface area contributed by atoms with Gasteiger partial charge in [0.25, 0.3) is 0 Å². The molecule has 3 rings (SSSR count). The van der Waals surface area contributed by atoms with E-state index < -0.39 is 0 Å². The zero-order valence-corrected chi connectivity index (χ0v) is 18.2. The molecule has 2 aromatic heterocycles. The first-order valence-corrected chi connectivity index (χ1v) is 9.25. The molecule has 0 atom stereocenters. The summed E-state index contributed by atoms with van der Waals surface area (Å²) < 4.78 is 1.98. The number of aliphatic imine (C=N–C) groups is 1. The van der Waals surface area contributed by atoms with Gasteiger partial charge in [-0.05, 0) is 45.7 Å². The van der Waals surface area contributed by atoms with Crippen LogP contribution in [0.15, 0.2) is 29.4 Å². The summed E-state index contributed by atoms with van der Waals surface area (Å²) in [6, 6.07) is 7.00. The third-order valence-corrected chi connectivity index (χ3v) is 4.71. The summed E-state index contributed by atoms with van der Waals surface area (Å²) in [5.74, 6) is 1.71. The lowest BCUT2D eigenvalue weighted by molar-refractivity contribution is 0.167. The molecule has 144 valence electrons. The number of fused-ring (bicyclic) bond motifs is 1. The minimum Gasteiger partial charge on any atom is -0.357 e. The first-order valence-electron chi connectivity index (χ1n) is 9.25. The Bertz CT molecular complexity index is 704. The lowest BCUT2D eigenvalue weighted by Gasteiger charge is -2.35. The Balaban J connectivity index is 0.00000243. The van der Waals surface area contributed by atoms with Crippen LogP contribution in [0, 0.1) is 0 Å². The molecule has 7 nitrogen and oxygen atoms in total. The third-order valence-electron chi connectivity index (χ3n) is 4.71. The highest BCUT2D eigenvalue weighted by atomic mass is 127. The molecule has 0 aliphatic carbocycles. The number of nitrogens with one attached hydrogen (secondary N) is 2. The second-order valence-electron chi connectivity index (χ2n) is 6.79. The Morgan fingerprint density at radius 3 is 2.73 bits per heavy atom. The van der Waals surface area contributed by atoms with E-state index in [1.807, 2.05) is 28.8 Å². The van der Waals surface area contributed by atoms with Gasteiger partial charge in [-0.1, -0.05) is 6.07 Å². The van der Waals surface area contributed by atoms with Gasteiger partial charge in [0, 0.05) is 37.9 Å². The standard InChI is InChI=1S/C18H29N7.HI/c1-4-19-18(21-15-8-11-24(12-9-15)14(2)3)20-13-17-23-22-16-7-5-6-10-25(16)17;/h5-7,10,14-15H,4,8-9,11-13H2,1-3H3,(H2,19,20,21);1H. The van der Waals surface area contributed by atoms with Crippen LogP contribution in [0.3, 0.4) is 0 Å². The molecule has 0 bridgehead atoms. The lowest BCUT2D eigenvalue weighted by atomic mass is 10.0. The van der Waals surface area contributed by atoms with Crippen molar-refractivity contribution < 1.29 is 0 Å². The number of hydrogen-bond donors (Lipinski definition) is 2. The quantitative estimate of drug-likeness (QED) is 0.398. The highest BCUT2D eigenvalue weighted by molar-refractivity contribution is 14.0. The van der Waals surface area contributed by atoms with Crippen LogP contribution in [0.25, 0.3) is 5.65 Å². The van der Waals surface area contributed by atoms with Crippen molar-refractivity contribution >= 4 is 35.6 Å². The maximum Gasteiger partial charge on any atom is 0.191 e. The largest absolute Gasteiger partial charge is 0.357 e. The van der Waals surface area contributed by atoms with Crippen molar-refractivity contribution in [2.75, 3.05) is 19.6 Å². The average molecular weight is 471 g/mol. The number of piperidine rings is 1. The number of hydrogen-bond acceptors (Lipinski definition) is 4. The first-order chi connectivity index (χ1) is 12.2. The predicted molar refractivity (Wildman–Crippen MR) is 116 cm³/mol. The molecule has 3 heterocycles. The van der Waals surface area contributed by atoms with Crippen LogP contribution in [-0.4, -0.2) is 57.2 Å². The van der Waals surface area contributed by atoms with Gasteiger partial charge >= 0.3 is 0 Å². The monoisotopic (exact) mass is 471 g/mol. The highest BCUT2D eigenvalue weighted by Gasteiger charge is 2.21. The Morgan fingerprint density at radius 2 is 2.04 bits per heavy atom. The van der Waals surface area contributed by atoms with Gasteiger partial charge in [0.2, 0.25) is 0 Å². The second kappa shape index (κ2) is 10.1. The summed E-state index contributed by atoms with van der Waals surface area (Å²) in [5, 5.41) is 15.4. The van der Waals surface area contributed by atoms with E-state index in [9.17, 15) is 0 Å². The fraction of sp³-hybridized carbons (Fsp3) is 0.611. The second-order valence-corrected chi connectivity index (χ2v) is 6.79. The minimum absolute atomic E-state index is 0. The van der Waals surface area contributed by atoms with Crippen molar-refractivity contribution in [3.63, 3.8) is 0 Å². The van der Waals surface area contributed by atoms with Gasteiger partial charge in [-0.15, -0.1) is 34.2 Å². The van der Waals surface area contributed by atoms with Gasteiger partial charge in [-0.2, -0.15) is 0 Å². The molecule has 2 aromatic rings. The summed E-state index contributed by atoms with van der Waals surface area (Å²) >= 11 is 0. The van der Waals surface area contributed by atoms with E-state index in [1.54, 1.807) is 0 Å². The minimum atomic E-state index is 0. The van der Waals surface area contributed by atoms with Crippen LogP contribution < -0.4 is 10.6 Å². The summed E-state index contributed by atoms with van der Waals surface area (Å²) in [5.41, 5.74) is 0.853. The van der Waals surface area contributed by atoms with Crippen LogP contribution in [0.4, 0.5) is 0 Å². The SMILES string of the molecule is CCNC(=NCc1nnc2ccccn12)NC1CCN(C(C)C)CC1.I. The average Bonchev–Trinajstić information content (AvgIpc) is 3.03. The van der Waals surface area contributed by atoms with Gasteiger partial charge in [0.15, 0.2) is 17.4 Å². The molecule has 1 aliphatic heterocycles. The van der Waals surface area contributed by atoms with E-state index in [1.165, 1.54) is 0 Å². The van der Waals surface area contributed by atoms with Crippen molar-refractivity contribution in [2.24, 2.45) is 4.99 Å². The molecule has 1 fully saturated rings. The molecule has 8 heteroatoms. The molecule has 0 radical (unpaired) electrons. The number of rotatable bonds is 5. The van der Waals surface area contributed by atoms with Gasteiger partial charge in [-0.25, -0.2) is 4.99 Å². The number of halogens is 1. The maximum atomic E-state index is 4.71. The van der Waals surface area contributed by atoms with Gasteiger partial charge < -0.3 is 15.5 Å². The molecule has 26 heavy (non-hydrogen) atoms. The van der Waals surface area contributed by atoms with Crippen LogP contribution in [0.5, 0.6) is 0 Å². The van der Waals surface area contributed by atoms with Gasteiger partial charge in [-0.3, -0.25) is 4.40 Å². The Kier molecular flexibility index (Phi) is 8.08.